The maximum atomic E-state index is 13.5. The highest BCUT2D eigenvalue weighted by Crippen LogP contribution is 2.38. The van der Waals surface area contributed by atoms with Crippen LogP contribution < -0.4 is 10.1 Å². The van der Waals surface area contributed by atoms with Crippen LogP contribution in [0.5, 0.6) is 5.75 Å². The molecule has 6 nitrogen and oxygen atoms in total. The average molecular weight is 410 g/mol. The van der Waals surface area contributed by atoms with Crippen LogP contribution in [-0.2, 0) is 4.74 Å². The van der Waals surface area contributed by atoms with E-state index in [9.17, 15) is 8.78 Å². The summed E-state index contributed by atoms with van der Waals surface area (Å²) in [5, 5.41) is 5.83. The van der Waals surface area contributed by atoms with Gasteiger partial charge in [0, 0.05) is 30.0 Å². The lowest BCUT2D eigenvalue weighted by Gasteiger charge is -2.29. The minimum atomic E-state index is -2.59. The van der Waals surface area contributed by atoms with Gasteiger partial charge in [0.05, 0.1) is 13.7 Å². The lowest BCUT2D eigenvalue weighted by molar-refractivity contribution is -0.0361. The molecule has 2 aromatic rings. The van der Waals surface area contributed by atoms with E-state index in [2.05, 4.69) is 26.8 Å². The van der Waals surface area contributed by atoms with Gasteiger partial charge in [0.2, 0.25) is 5.92 Å². The number of aryl methyl sites for hydroxylation is 1. The first-order valence-corrected chi connectivity index (χ1v) is 10.1. The quantitative estimate of drug-likeness (QED) is 0.654. The Bertz CT molecular complexity index is 846. The van der Waals surface area contributed by atoms with Crippen LogP contribution in [0.1, 0.15) is 44.0 Å². The molecule has 1 aliphatic carbocycles. The number of halogens is 2. The Morgan fingerprint density at radius 1 is 1.32 bits per heavy atom. The summed E-state index contributed by atoms with van der Waals surface area (Å²) >= 11 is 1.43. The van der Waals surface area contributed by atoms with Crippen LogP contribution in [0.25, 0.3) is 16.6 Å². The second-order valence-corrected chi connectivity index (χ2v) is 7.56. The smallest absolute Gasteiger partial charge is 0.248 e. The molecule has 1 aliphatic rings. The fourth-order valence-electron chi connectivity index (χ4n) is 3.10. The topological polar surface area (TPSA) is 69.2 Å². The van der Waals surface area contributed by atoms with Crippen LogP contribution in [0.3, 0.4) is 0 Å². The standard InChI is InChI=1S/C19H24F2N4O2S/c1-5-27-12(3)14-15(26-4)16(23-13-6-8-19(20,21)9-7-13)25-17(24-14)18-22-11(2)10-28-18/h10,13H,3,5-9H2,1-2,4H3,(H,23,24,25). The van der Waals surface area contributed by atoms with Gasteiger partial charge in [-0.2, -0.15) is 0 Å². The summed E-state index contributed by atoms with van der Waals surface area (Å²) in [6, 6.07) is -0.123. The van der Waals surface area contributed by atoms with Gasteiger partial charge in [-0.15, -0.1) is 11.3 Å². The Kier molecular flexibility index (Phi) is 6.12. The predicted molar refractivity (Wildman–Crippen MR) is 106 cm³/mol. The van der Waals surface area contributed by atoms with E-state index in [1.165, 1.54) is 18.4 Å². The molecular formula is C19H24F2N4O2S. The Balaban J connectivity index is 1.98. The highest BCUT2D eigenvalue weighted by molar-refractivity contribution is 7.13. The normalized spacial score (nSPS) is 16.6. The zero-order valence-corrected chi connectivity index (χ0v) is 17.0. The van der Waals surface area contributed by atoms with Crippen molar-refractivity contribution in [2.24, 2.45) is 0 Å². The van der Waals surface area contributed by atoms with E-state index in [1.54, 1.807) is 0 Å². The molecular weight excluding hydrogens is 386 g/mol. The van der Waals surface area contributed by atoms with E-state index in [1.807, 2.05) is 19.2 Å². The summed E-state index contributed by atoms with van der Waals surface area (Å²) < 4.78 is 38.0. The minimum Gasteiger partial charge on any atom is -0.492 e. The van der Waals surface area contributed by atoms with Crippen molar-refractivity contribution in [3.8, 4) is 16.6 Å². The number of nitrogens with one attached hydrogen (secondary N) is 1. The Morgan fingerprint density at radius 2 is 2.04 bits per heavy atom. The summed E-state index contributed by atoms with van der Waals surface area (Å²) in [6.45, 7) is 8.11. The van der Waals surface area contributed by atoms with Gasteiger partial charge in [-0.3, -0.25) is 0 Å². The monoisotopic (exact) mass is 410 g/mol. The SMILES string of the molecule is C=C(OCC)c1nc(-c2nc(C)cs2)nc(NC2CCC(F)(F)CC2)c1OC. The fraction of sp³-hybridized carbons (Fsp3) is 0.526. The minimum absolute atomic E-state index is 0.123. The van der Waals surface area contributed by atoms with Crippen molar-refractivity contribution in [3.05, 3.63) is 23.3 Å². The highest BCUT2D eigenvalue weighted by Gasteiger charge is 2.35. The van der Waals surface area contributed by atoms with Crippen LogP contribution >= 0.6 is 11.3 Å². The molecule has 3 rings (SSSR count). The number of ether oxygens (including phenoxy) is 2. The Labute approximate surface area is 167 Å². The van der Waals surface area contributed by atoms with Gasteiger partial charge in [0.15, 0.2) is 28.1 Å². The largest absolute Gasteiger partial charge is 0.492 e. The number of thiazole rings is 1. The van der Waals surface area contributed by atoms with Gasteiger partial charge in [-0.1, -0.05) is 6.58 Å². The molecule has 0 aromatic carbocycles. The first kappa shape index (κ1) is 20.4. The number of methoxy groups -OCH3 is 1. The van der Waals surface area contributed by atoms with E-state index in [0.717, 1.165) is 5.69 Å². The molecule has 9 heteroatoms. The molecule has 28 heavy (non-hydrogen) atoms. The molecule has 0 atom stereocenters. The molecule has 0 unspecified atom stereocenters. The van der Waals surface area contributed by atoms with Crippen molar-refractivity contribution >= 4 is 22.9 Å². The number of nitrogens with zero attached hydrogens (tertiary/aromatic N) is 3. The molecule has 152 valence electrons. The first-order chi connectivity index (χ1) is 13.3. The summed E-state index contributed by atoms with van der Waals surface area (Å²) in [5.41, 5.74) is 1.29. The third kappa shape index (κ3) is 4.57. The first-order valence-electron chi connectivity index (χ1n) is 9.18. The molecule has 0 radical (unpaired) electrons. The number of anilines is 1. The van der Waals surface area contributed by atoms with E-state index in [0.29, 0.717) is 53.3 Å². The zero-order valence-electron chi connectivity index (χ0n) is 16.2. The molecule has 0 saturated heterocycles. The summed E-state index contributed by atoms with van der Waals surface area (Å²) in [6.07, 6.45) is 0.422. The maximum absolute atomic E-state index is 13.5. The third-order valence-electron chi connectivity index (χ3n) is 4.52. The number of hydrogen-bond donors (Lipinski definition) is 1. The maximum Gasteiger partial charge on any atom is 0.248 e. The highest BCUT2D eigenvalue weighted by atomic mass is 32.1. The van der Waals surface area contributed by atoms with Crippen LogP contribution in [0.4, 0.5) is 14.6 Å². The van der Waals surface area contributed by atoms with Gasteiger partial charge in [-0.25, -0.2) is 23.7 Å². The molecule has 1 saturated carbocycles. The fourth-order valence-corrected chi connectivity index (χ4v) is 3.83. The van der Waals surface area contributed by atoms with Crippen LogP contribution in [0.15, 0.2) is 12.0 Å². The Morgan fingerprint density at radius 3 is 2.61 bits per heavy atom. The molecule has 2 heterocycles. The van der Waals surface area contributed by atoms with Crippen LogP contribution in [-0.4, -0.2) is 40.6 Å². The van der Waals surface area contributed by atoms with E-state index >= 15 is 0 Å². The van der Waals surface area contributed by atoms with Crippen molar-refractivity contribution in [2.75, 3.05) is 19.0 Å². The molecule has 1 fully saturated rings. The van der Waals surface area contributed by atoms with Crippen LogP contribution in [0.2, 0.25) is 0 Å². The number of rotatable bonds is 7. The van der Waals surface area contributed by atoms with Crippen molar-refractivity contribution in [1.29, 1.82) is 0 Å². The third-order valence-corrected chi connectivity index (χ3v) is 5.48. The molecule has 0 bridgehead atoms. The average Bonchev–Trinajstić information content (AvgIpc) is 3.09. The summed E-state index contributed by atoms with van der Waals surface area (Å²) in [4.78, 5) is 13.6. The van der Waals surface area contributed by atoms with E-state index in [-0.39, 0.29) is 18.9 Å². The van der Waals surface area contributed by atoms with Crippen molar-refractivity contribution in [3.63, 3.8) is 0 Å². The van der Waals surface area contributed by atoms with Gasteiger partial charge in [0.1, 0.15) is 5.76 Å². The molecule has 0 aliphatic heterocycles. The van der Waals surface area contributed by atoms with Crippen molar-refractivity contribution in [1.82, 2.24) is 15.0 Å². The summed E-state index contributed by atoms with van der Waals surface area (Å²) in [5.74, 6) is -1.00. The lowest BCUT2D eigenvalue weighted by Crippen LogP contribution is -2.32. The van der Waals surface area contributed by atoms with Crippen LogP contribution in [0, 0.1) is 6.92 Å². The number of alkyl halides is 2. The molecule has 1 N–H and O–H groups in total. The van der Waals surface area contributed by atoms with Gasteiger partial charge >= 0.3 is 0 Å². The lowest BCUT2D eigenvalue weighted by atomic mass is 9.92. The second-order valence-electron chi connectivity index (χ2n) is 6.70. The second kappa shape index (κ2) is 8.38. The summed E-state index contributed by atoms with van der Waals surface area (Å²) in [7, 11) is 1.51. The molecule has 2 aromatic heterocycles. The number of hydrogen-bond acceptors (Lipinski definition) is 7. The van der Waals surface area contributed by atoms with Gasteiger partial charge in [-0.05, 0) is 26.7 Å². The van der Waals surface area contributed by atoms with E-state index < -0.39 is 5.92 Å². The number of aromatic nitrogens is 3. The van der Waals surface area contributed by atoms with Crippen molar-refractivity contribution < 1.29 is 18.3 Å². The van der Waals surface area contributed by atoms with Crippen molar-refractivity contribution in [2.45, 2.75) is 51.5 Å². The predicted octanol–water partition coefficient (Wildman–Crippen LogP) is 4.91. The van der Waals surface area contributed by atoms with Gasteiger partial charge in [0.25, 0.3) is 0 Å². The zero-order chi connectivity index (χ0) is 20.3. The van der Waals surface area contributed by atoms with E-state index in [4.69, 9.17) is 9.47 Å². The molecule has 0 amide bonds. The molecule has 0 spiro atoms. The van der Waals surface area contributed by atoms with Gasteiger partial charge < -0.3 is 14.8 Å². The Hall–Kier alpha value is -2.29.